The van der Waals surface area contributed by atoms with Gasteiger partial charge in [-0.05, 0) is 52.5 Å². The van der Waals surface area contributed by atoms with Gasteiger partial charge >= 0.3 is 5.91 Å². The number of halogens is 1. The van der Waals surface area contributed by atoms with E-state index in [0.29, 0.717) is 11.2 Å². The zero-order chi connectivity index (χ0) is 18.5. The number of benzene rings is 1. The van der Waals surface area contributed by atoms with E-state index in [1.54, 1.807) is 11.0 Å². The molecule has 2 N–H and O–H groups in total. The minimum Gasteiger partial charge on any atom is -0.444 e. The lowest BCUT2D eigenvalue weighted by Crippen LogP contribution is -2.42. The Morgan fingerprint density at radius 2 is 1.88 bits per heavy atom. The topological polar surface area (TPSA) is 91.7 Å². The van der Waals surface area contributed by atoms with Crippen molar-refractivity contribution in [3.8, 4) is 0 Å². The molecular formula is C18H18BrN3O4. The summed E-state index contributed by atoms with van der Waals surface area (Å²) in [5.41, 5.74) is 6.60. The molecule has 0 atom stereocenters. The molecule has 0 spiro atoms. The molecular weight excluding hydrogens is 402 g/mol. The maximum atomic E-state index is 12.5. The smallest absolute Gasteiger partial charge is 0.305 e. The molecule has 0 radical (unpaired) electrons. The molecule has 1 aromatic carbocycles. The highest BCUT2D eigenvalue weighted by Gasteiger charge is 2.22. The number of anilines is 1. The number of para-hydroxylation sites is 1. The van der Waals surface area contributed by atoms with Crippen LogP contribution in [0.15, 0.2) is 45.5 Å². The van der Waals surface area contributed by atoms with Crippen molar-refractivity contribution in [2.45, 2.75) is 25.7 Å². The fourth-order valence-corrected chi connectivity index (χ4v) is 3.14. The molecule has 1 aliphatic rings. The van der Waals surface area contributed by atoms with E-state index >= 15 is 0 Å². The zero-order valence-corrected chi connectivity index (χ0v) is 15.5. The predicted molar refractivity (Wildman–Crippen MR) is 98.4 cm³/mol. The van der Waals surface area contributed by atoms with Gasteiger partial charge in [0.05, 0.1) is 0 Å². The highest BCUT2D eigenvalue weighted by molar-refractivity contribution is 9.10. The number of carbonyl (C=O) groups is 3. The Kier molecular flexibility index (Phi) is 5.72. The first kappa shape index (κ1) is 18.2. The minimum absolute atomic E-state index is 0.0143. The first-order valence-electron chi connectivity index (χ1n) is 8.27. The minimum atomic E-state index is -0.569. The largest absolute Gasteiger partial charge is 0.444 e. The summed E-state index contributed by atoms with van der Waals surface area (Å²) in [6.45, 7) is 0.654. The average Bonchev–Trinajstić information content (AvgIpc) is 3.10. The maximum absolute atomic E-state index is 12.5. The van der Waals surface area contributed by atoms with Crippen LogP contribution in [0.1, 0.15) is 35.4 Å². The van der Waals surface area contributed by atoms with Crippen molar-refractivity contribution in [1.29, 1.82) is 0 Å². The fraction of sp³-hybridized carbons (Fsp3) is 0.278. The van der Waals surface area contributed by atoms with Gasteiger partial charge in [0.15, 0.2) is 10.4 Å². The fourth-order valence-electron chi connectivity index (χ4n) is 2.83. The summed E-state index contributed by atoms with van der Waals surface area (Å²) in [7, 11) is 0. The van der Waals surface area contributed by atoms with Gasteiger partial charge in [-0.25, -0.2) is 0 Å². The van der Waals surface area contributed by atoms with E-state index in [4.69, 9.17) is 4.42 Å². The number of fused-ring (bicyclic) bond motifs is 1. The van der Waals surface area contributed by atoms with Crippen LogP contribution in [0.5, 0.6) is 0 Å². The Bertz CT molecular complexity index is 833. The lowest BCUT2D eigenvalue weighted by Gasteiger charge is -2.29. The van der Waals surface area contributed by atoms with Crippen molar-refractivity contribution in [2.24, 2.45) is 0 Å². The number of rotatable bonds is 4. The lowest BCUT2D eigenvalue weighted by atomic mass is 10.0. The van der Waals surface area contributed by atoms with Crippen LogP contribution in [-0.4, -0.2) is 24.3 Å². The predicted octanol–water partition coefficient (Wildman–Crippen LogP) is 2.56. The van der Waals surface area contributed by atoms with E-state index in [2.05, 4.69) is 26.8 Å². The molecule has 2 heterocycles. The number of hydrogen-bond donors (Lipinski definition) is 2. The van der Waals surface area contributed by atoms with Gasteiger partial charge in [-0.2, -0.15) is 0 Å². The molecule has 0 saturated heterocycles. The average molecular weight is 420 g/mol. The van der Waals surface area contributed by atoms with Crippen molar-refractivity contribution in [1.82, 2.24) is 10.9 Å². The normalized spacial score (nSPS) is 13.0. The van der Waals surface area contributed by atoms with E-state index in [1.807, 2.05) is 24.3 Å². The summed E-state index contributed by atoms with van der Waals surface area (Å²) in [6, 6.07) is 10.9. The molecule has 0 unspecified atom stereocenters. The molecule has 26 heavy (non-hydrogen) atoms. The van der Waals surface area contributed by atoms with Crippen molar-refractivity contribution in [3.63, 3.8) is 0 Å². The second-order valence-corrected chi connectivity index (χ2v) is 6.67. The lowest BCUT2D eigenvalue weighted by molar-refractivity contribution is -0.125. The molecule has 3 amide bonds. The monoisotopic (exact) mass is 419 g/mol. The standard InChI is InChI=1S/C18H18BrN3O4/c19-15-8-7-14(26-15)18(25)21-20-16(23)9-10-17(24)22-11-3-5-12-4-1-2-6-13(12)22/h1-2,4,6-8H,3,5,9-11H2,(H,20,23)(H,21,25). The number of nitrogens with one attached hydrogen (secondary N) is 2. The third-order valence-electron chi connectivity index (χ3n) is 4.09. The van der Waals surface area contributed by atoms with Crippen molar-refractivity contribution >= 4 is 39.3 Å². The van der Waals surface area contributed by atoms with Gasteiger partial charge in [0.1, 0.15) is 0 Å². The number of amides is 3. The van der Waals surface area contributed by atoms with Crippen LogP contribution >= 0.6 is 15.9 Å². The maximum Gasteiger partial charge on any atom is 0.305 e. The number of furan rings is 1. The van der Waals surface area contributed by atoms with Gasteiger partial charge in [-0.3, -0.25) is 25.2 Å². The number of hydrazine groups is 1. The zero-order valence-electron chi connectivity index (χ0n) is 14.0. The molecule has 0 aliphatic carbocycles. The van der Waals surface area contributed by atoms with Crippen LogP contribution in [0.4, 0.5) is 5.69 Å². The van der Waals surface area contributed by atoms with Gasteiger partial charge in [-0.1, -0.05) is 18.2 Å². The Morgan fingerprint density at radius 1 is 1.08 bits per heavy atom. The second-order valence-electron chi connectivity index (χ2n) is 5.88. The quantitative estimate of drug-likeness (QED) is 0.744. The first-order valence-corrected chi connectivity index (χ1v) is 9.06. The molecule has 3 rings (SSSR count). The van der Waals surface area contributed by atoms with Crippen molar-refractivity contribution < 1.29 is 18.8 Å². The van der Waals surface area contributed by atoms with E-state index < -0.39 is 11.8 Å². The first-order chi connectivity index (χ1) is 12.5. The van der Waals surface area contributed by atoms with E-state index in [-0.39, 0.29) is 24.5 Å². The highest BCUT2D eigenvalue weighted by Crippen LogP contribution is 2.27. The summed E-state index contributed by atoms with van der Waals surface area (Å²) in [6.07, 6.45) is 1.92. The van der Waals surface area contributed by atoms with Gasteiger partial charge in [0, 0.05) is 25.1 Å². The SMILES string of the molecule is O=C(CCC(=O)N1CCCc2ccccc21)NNC(=O)c1ccc(Br)o1. The Labute approximate surface area is 158 Å². The summed E-state index contributed by atoms with van der Waals surface area (Å²) in [4.78, 5) is 37.8. The van der Waals surface area contributed by atoms with Crippen LogP contribution in [-0.2, 0) is 16.0 Å². The molecule has 1 aliphatic heterocycles. The van der Waals surface area contributed by atoms with Crippen molar-refractivity contribution in [3.05, 3.63) is 52.4 Å². The molecule has 7 nitrogen and oxygen atoms in total. The number of nitrogens with zero attached hydrogens (tertiary/aromatic N) is 1. The number of aryl methyl sites for hydroxylation is 1. The van der Waals surface area contributed by atoms with E-state index in [1.165, 1.54) is 6.07 Å². The molecule has 1 aromatic heterocycles. The van der Waals surface area contributed by atoms with Gasteiger partial charge in [-0.15, -0.1) is 0 Å². The summed E-state index contributed by atoms with van der Waals surface area (Å²) in [5, 5.41) is 0. The van der Waals surface area contributed by atoms with Crippen molar-refractivity contribution in [2.75, 3.05) is 11.4 Å². The molecule has 136 valence electrons. The molecule has 0 fully saturated rings. The second kappa shape index (κ2) is 8.18. The summed E-state index contributed by atoms with van der Waals surface area (Å²) in [5.74, 6) is -1.05. The van der Waals surface area contributed by atoms with E-state index in [9.17, 15) is 14.4 Å². The van der Waals surface area contributed by atoms with E-state index in [0.717, 1.165) is 24.1 Å². The summed E-state index contributed by atoms with van der Waals surface area (Å²) < 4.78 is 5.50. The van der Waals surface area contributed by atoms with Crippen LogP contribution in [0.3, 0.4) is 0 Å². The summed E-state index contributed by atoms with van der Waals surface area (Å²) >= 11 is 3.09. The third kappa shape index (κ3) is 4.32. The van der Waals surface area contributed by atoms with Gasteiger partial charge in [0.2, 0.25) is 11.8 Å². The third-order valence-corrected chi connectivity index (χ3v) is 4.52. The van der Waals surface area contributed by atoms with Crippen LogP contribution < -0.4 is 15.8 Å². The van der Waals surface area contributed by atoms with Crippen LogP contribution in [0.2, 0.25) is 0 Å². The number of carbonyl (C=O) groups excluding carboxylic acids is 3. The van der Waals surface area contributed by atoms with Crippen LogP contribution in [0.25, 0.3) is 0 Å². The van der Waals surface area contributed by atoms with Crippen LogP contribution in [0, 0.1) is 0 Å². The van der Waals surface area contributed by atoms with Gasteiger partial charge < -0.3 is 9.32 Å². The Morgan fingerprint density at radius 3 is 2.65 bits per heavy atom. The molecule has 2 aromatic rings. The molecule has 8 heteroatoms. The highest BCUT2D eigenvalue weighted by atomic mass is 79.9. The molecule has 0 bridgehead atoms. The van der Waals surface area contributed by atoms with Gasteiger partial charge in [0.25, 0.3) is 0 Å². The Hall–Kier alpha value is -2.61. The number of hydrogen-bond acceptors (Lipinski definition) is 4. The molecule has 0 saturated carbocycles. The Balaban J connectivity index is 1.47.